The van der Waals surface area contributed by atoms with Gasteiger partial charge in [0, 0.05) is 5.56 Å². The largest absolute Gasteiger partial charge is 0.497 e. The predicted molar refractivity (Wildman–Crippen MR) is 70.7 cm³/mol. The first-order valence-corrected chi connectivity index (χ1v) is 6.13. The number of ketones is 1. The van der Waals surface area contributed by atoms with Crippen LogP contribution in [0.3, 0.4) is 0 Å². The summed E-state index contributed by atoms with van der Waals surface area (Å²) in [7, 11) is 1.48. The highest BCUT2D eigenvalue weighted by Crippen LogP contribution is 2.30. The number of rotatable bonds is 3. The molecule has 2 aromatic rings. The number of carbonyl (C=O) groups is 1. The van der Waals surface area contributed by atoms with Gasteiger partial charge in [0.05, 0.1) is 12.7 Å². The van der Waals surface area contributed by atoms with E-state index in [-0.39, 0.29) is 11.1 Å². The number of ether oxygens (including phenoxy) is 1. The second-order valence-electron chi connectivity index (χ2n) is 4.09. The second-order valence-corrected chi connectivity index (χ2v) is 4.45. The second kappa shape index (κ2) is 5.73. The molecule has 0 saturated heterocycles. The fourth-order valence-electron chi connectivity index (χ4n) is 1.66. The summed E-state index contributed by atoms with van der Waals surface area (Å²) < 4.78 is 42.4. The average Bonchev–Trinajstić information content (AvgIpc) is 2.45. The lowest BCUT2D eigenvalue weighted by molar-refractivity contribution is -0.141. The summed E-state index contributed by atoms with van der Waals surface area (Å²) in [5, 5.41) is -0.481. The van der Waals surface area contributed by atoms with E-state index in [1.807, 2.05) is 0 Å². The summed E-state index contributed by atoms with van der Waals surface area (Å²) in [6.45, 7) is 0. The van der Waals surface area contributed by atoms with Gasteiger partial charge in [0.2, 0.25) is 0 Å². The molecule has 7 heteroatoms. The van der Waals surface area contributed by atoms with Crippen molar-refractivity contribution in [3.63, 3.8) is 0 Å². The number of benzene rings is 1. The first kappa shape index (κ1) is 15.3. The van der Waals surface area contributed by atoms with E-state index >= 15 is 0 Å². The minimum atomic E-state index is -4.61. The number of hydrogen-bond acceptors (Lipinski definition) is 3. The molecule has 1 heterocycles. The highest BCUT2D eigenvalue weighted by Gasteiger charge is 2.33. The Morgan fingerprint density at radius 2 is 1.76 bits per heavy atom. The molecule has 0 aliphatic carbocycles. The smallest absolute Gasteiger partial charge is 0.433 e. The van der Waals surface area contributed by atoms with E-state index in [2.05, 4.69) is 4.98 Å². The Morgan fingerprint density at radius 3 is 2.24 bits per heavy atom. The van der Waals surface area contributed by atoms with Crippen LogP contribution in [-0.4, -0.2) is 17.9 Å². The molecule has 0 atom stereocenters. The molecule has 0 spiro atoms. The van der Waals surface area contributed by atoms with E-state index < -0.39 is 22.8 Å². The lowest BCUT2D eigenvalue weighted by Gasteiger charge is -2.08. The van der Waals surface area contributed by atoms with Gasteiger partial charge in [0.25, 0.3) is 0 Å². The van der Waals surface area contributed by atoms with Crippen molar-refractivity contribution in [3.8, 4) is 5.75 Å². The minimum absolute atomic E-state index is 0.0881. The van der Waals surface area contributed by atoms with Crippen LogP contribution in [0.2, 0.25) is 5.15 Å². The van der Waals surface area contributed by atoms with Crippen LogP contribution >= 0.6 is 11.6 Å². The lowest BCUT2D eigenvalue weighted by atomic mass is 10.0. The number of hydrogen-bond donors (Lipinski definition) is 0. The van der Waals surface area contributed by atoms with Gasteiger partial charge in [0.15, 0.2) is 5.78 Å². The Kier molecular flexibility index (Phi) is 4.18. The zero-order chi connectivity index (χ0) is 15.6. The number of halogens is 4. The van der Waals surface area contributed by atoms with E-state index in [1.54, 1.807) is 12.1 Å². The van der Waals surface area contributed by atoms with Gasteiger partial charge < -0.3 is 4.74 Å². The Bertz CT molecular complexity index is 669. The molecule has 1 aromatic carbocycles. The Labute approximate surface area is 123 Å². The van der Waals surface area contributed by atoms with Gasteiger partial charge in [-0.05, 0) is 36.4 Å². The SMILES string of the molecule is COc1ccc(C(=O)c2ccc(C(F)(F)F)nc2Cl)cc1. The molecular weight excluding hydrogens is 307 g/mol. The third-order valence-electron chi connectivity index (χ3n) is 2.74. The molecule has 0 fully saturated rings. The predicted octanol–water partition coefficient (Wildman–Crippen LogP) is 3.99. The minimum Gasteiger partial charge on any atom is -0.497 e. The van der Waals surface area contributed by atoms with E-state index in [1.165, 1.54) is 19.2 Å². The van der Waals surface area contributed by atoms with E-state index in [0.29, 0.717) is 5.75 Å². The molecule has 0 aliphatic rings. The van der Waals surface area contributed by atoms with Crippen molar-refractivity contribution in [2.75, 3.05) is 7.11 Å². The van der Waals surface area contributed by atoms with Crippen molar-refractivity contribution >= 4 is 17.4 Å². The number of pyridine rings is 1. The van der Waals surface area contributed by atoms with Crippen LogP contribution in [0.1, 0.15) is 21.6 Å². The first-order valence-electron chi connectivity index (χ1n) is 5.75. The van der Waals surface area contributed by atoms with E-state index in [4.69, 9.17) is 16.3 Å². The number of alkyl halides is 3. The van der Waals surface area contributed by atoms with Gasteiger partial charge in [-0.2, -0.15) is 13.2 Å². The van der Waals surface area contributed by atoms with Crippen LogP contribution in [-0.2, 0) is 6.18 Å². The van der Waals surface area contributed by atoms with Crippen LogP contribution in [0.4, 0.5) is 13.2 Å². The van der Waals surface area contributed by atoms with Gasteiger partial charge in [-0.3, -0.25) is 4.79 Å². The van der Waals surface area contributed by atoms with Crippen LogP contribution in [0.25, 0.3) is 0 Å². The zero-order valence-corrected chi connectivity index (χ0v) is 11.5. The first-order chi connectivity index (χ1) is 9.82. The van der Waals surface area contributed by atoms with Crippen molar-refractivity contribution in [1.82, 2.24) is 4.98 Å². The summed E-state index contributed by atoms with van der Waals surface area (Å²) in [5.74, 6) is 0.0482. The molecule has 0 aliphatic heterocycles. The van der Waals surface area contributed by atoms with Crippen molar-refractivity contribution in [1.29, 1.82) is 0 Å². The molecule has 3 nitrogen and oxygen atoms in total. The van der Waals surface area contributed by atoms with Crippen molar-refractivity contribution in [3.05, 3.63) is 58.4 Å². The Balaban J connectivity index is 2.35. The molecule has 0 amide bonds. The summed E-state index contributed by atoms with van der Waals surface area (Å²) in [6.07, 6.45) is -4.61. The number of methoxy groups -OCH3 is 1. The third-order valence-corrected chi connectivity index (χ3v) is 3.02. The van der Waals surface area contributed by atoms with Crippen molar-refractivity contribution < 1.29 is 22.7 Å². The highest BCUT2D eigenvalue weighted by molar-refractivity contribution is 6.33. The average molecular weight is 316 g/mol. The number of aromatic nitrogens is 1. The highest BCUT2D eigenvalue weighted by atomic mass is 35.5. The molecule has 110 valence electrons. The van der Waals surface area contributed by atoms with Gasteiger partial charge >= 0.3 is 6.18 Å². The fourth-order valence-corrected chi connectivity index (χ4v) is 1.90. The maximum absolute atomic E-state index is 12.5. The van der Waals surface area contributed by atoms with E-state index in [0.717, 1.165) is 12.1 Å². The van der Waals surface area contributed by atoms with Crippen molar-refractivity contribution in [2.24, 2.45) is 0 Å². The number of nitrogens with zero attached hydrogens (tertiary/aromatic N) is 1. The van der Waals surface area contributed by atoms with Crippen LogP contribution < -0.4 is 4.74 Å². The monoisotopic (exact) mass is 315 g/mol. The molecule has 0 radical (unpaired) electrons. The zero-order valence-electron chi connectivity index (χ0n) is 10.7. The lowest BCUT2D eigenvalue weighted by Crippen LogP contribution is -2.10. The molecule has 0 bridgehead atoms. The molecule has 0 saturated carbocycles. The topological polar surface area (TPSA) is 39.2 Å². The standard InChI is InChI=1S/C14H9ClF3NO2/c1-21-9-4-2-8(3-5-9)12(20)10-6-7-11(14(16,17)18)19-13(10)15/h2-7H,1H3. The van der Waals surface area contributed by atoms with E-state index in [9.17, 15) is 18.0 Å². The number of carbonyl (C=O) groups excluding carboxylic acids is 1. The van der Waals surface area contributed by atoms with Gasteiger partial charge in [0.1, 0.15) is 16.6 Å². The van der Waals surface area contributed by atoms with Gasteiger partial charge in [-0.1, -0.05) is 11.6 Å². The molecular formula is C14H9ClF3NO2. The molecule has 2 rings (SSSR count). The molecule has 0 N–H and O–H groups in total. The van der Waals surface area contributed by atoms with Crippen LogP contribution in [0, 0.1) is 0 Å². The summed E-state index contributed by atoms with van der Waals surface area (Å²) >= 11 is 5.68. The summed E-state index contributed by atoms with van der Waals surface area (Å²) in [6, 6.07) is 7.87. The maximum Gasteiger partial charge on any atom is 0.433 e. The maximum atomic E-state index is 12.5. The molecule has 0 unspecified atom stereocenters. The van der Waals surface area contributed by atoms with Crippen LogP contribution in [0.5, 0.6) is 5.75 Å². The summed E-state index contributed by atoms with van der Waals surface area (Å²) in [5.41, 5.74) is -0.951. The van der Waals surface area contributed by atoms with Crippen LogP contribution in [0.15, 0.2) is 36.4 Å². The third kappa shape index (κ3) is 3.33. The molecule has 21 heavy (non-hydrogen) atoms. The Morgan fingerprint density at radius 1 is 1.14 bits per heavy atom. The molecule has 1 aromatic heterocycles. The normalized spacial score (nSPS) is 11.3. The fraction of sp³-hybridized carbons (Fsp3) is 0.143. The van der Waals surface area contributed by atoms with Crippen molar-refractivity contribution in [2.45, 2.75) is 6.18 Å². The van der Waals surface area contributed by atoms with Gasteiger partial charge in [-0.15, -0.1) is 0 Å². The summed E-state index contributed by atoms with van der Waals surface area (Å²) in [4.78, 5) is 15.4. The quantitative estimate of drug-likeness (QED) is 0.635. The Hall–Kier alpha value is -2.08. The van der Waals surface area contributed by atoms with Gasteiger partial charge in [-0.25, -0.2) is 4.98 Å².